The Bertz CT molecular complexity index is 660. The number of hydrogen-bond donors (Lipinski definition) is 1. The molecule has 1 N–H and O–H groups in total. The Morgan fingerprint density at radius 2 is 1.95 bits per heavy atom. The van der Waals surface area contributed by atoms with Gasteiger partial charge in [-0.25, -0.2) is 0 Å². The summed E-state index contributed by atoms with van der Waals surface area (Å²) in [4.78, 5) is 11.1. The normalized spacial score (nSPS) is 10.2. The number of halogens is 1. The van der Waals surface area contributed by atoms with Crippen molar-refractivity contribution in [3.63, 3.8) is 0 Å². The van der Waals surface area contributed by atoms with Crippen molar-refractivity contribution in [3.8, 4) is 11.5 Å². The van der Waals surface area contributed by atoms with Crippen molar-refractivity contribution < 1.29 is 14.4 Å². The van der Waals surface area contributed by atoms with Crippen molar-refractivity contribution in [2.24, 2.45) is 0 Å². The summed E-state index contributed by atoms with van der Waals surface area (Å²) in [7, 11) is 3.07. The van der Waals surface area contributed by atoms with Gasteiger partial charge in [-0.3, -0.25) is 10.1 Å². The molecule has 0 saturated carbocycles. The Hall–Kier alpha value is -1.99. The van der Waals surface area contributed by atoms with Gasteiger partial charge in [-0.1, -0.05) is 22.9 Å². The van der Waals surface area contributed by atoms with E-state index in [9.17, 15) is 10.1 Å². The van der Waals surface area contributed by atoms with Crippen molar-refractivity contribution in [2.45, 2.75) is 6.54 Å². The molecule has 0 atom stereocenters. The number of nitrogens with one attached hydrogen (secondary N) is 1. The maximum Gasteiger partial charge on any atom is 0.324 e. The van der Waals surface area contributed by atoms with Gasteiger partial charge in [0.2, 0.25) is 0 Å². The van der Waals surface area contributed by atoms with E-state index < -0.39 is 4.92 Å². The average Bonchev–Trinajstić information content (AvgIpc) is 2.94. The Kier molecular flexibility index (Phi) is 4.87. The minimum absolute atomic E-state index is 0.116. The zero-order chi connectivity index (χ0) is 15.4. The average molecular weight is 329 g/mol. The predicted octanol–water partition coefficient (Wildman–Crippen LogP) is 3.94. The van der Waals surface area contributed by atoms with E-state index in [1.54, 1.807) is 18.2 Å². The Morgan fingerprint density at radius 1 is 1.29 bits per heavy atom. The Balaban J connectivity index is 2.13. The summed E-state index contributed by atoms with van der Waals surface area (Å²) in [5.74, 6) is 1.10. The molecule has 0 radical (unpaired) electrons. The molecule has 1 aromatic carbocycles. The lowest BCUT2D eigenvalue weighted by molar-refractivity contribution is -0.380. The molecule has 8 heteroatoms. The largest absolute Gasteiger partial charge is 0.493 e. The molecular weight excluding hydrogens is 316 g/mol. The molecule has 1 heterocycles. The van der Waals surface area contributed by atoms with Crippen LogP contribution < -0.4 is 14.8 Å². The Labute approximate surface area is 130 Å². The van der Waals surface area contributed by atoms with Crippen LogP contribution in [0.1, 0.15) is 4.88 Å². The number of methoxy groups -OCH3 is 2. The van der Waals surface area contributed by atoms with E-state index in [1.807, 2.05) is 0 Å². The molecule has 2 rings (SSSR count). The van der Waals surface area contributed by atoms with Crippen molar-refractivity contribution in [1.29, 1.82) is 0 Å². The second-order valence-electron chi connectivity index (χ2n) is 4.04. The van der Waals surface area contributed by atoms with E-state index in [1.165, 1.54) is 20.3 Å². The molecule has 6 nitrogen and oxygen atoms in total. The first-order valence-corrected chi connectivity index (χ1v) is 7.13. The first-order valence-electron chi connectivity index (χ1n) is 5.93. The second-order valence-corrected chi connectivity index (χ2v) is 5.59. The summed E-state index contributed by atoms with van der Waals surface area (Å²) >= 11 is 7.28. The number of thiophene rings is 1. The van der Waals surface area contributed by atoms with Gasteiger partial charge in [-0.2, -0.15) is 0 Å². The van der Waals surface area contributed by atoms with Crippen LogP contribution in [0.3, 0.4) is 0 Å². The molecule has 0 aliphatic heterocycles. The number of nitrogens with zero attached hydrogens (tertiary/aromatic N) is 1. The van der Waals surface area contributed by atoms with Crippen LogP contribution in [-0.2, 0) is 6.54 Å². The summed E-state index contributed by atoms with van der Waals surface area (Å²) in [5, 5.41) is 14.4. The minimum atomic E-state index is -0.405. The smallest absolute Gasteiger partial charge is 0.324 e. The number of hydrogen-bond acceptors (Lipinski definition) is 6. The molecule has 21 heavy (non-hydrogen) atoms. The van der Waals surface area contributed by atoms with Crippen LogP contribution in [-0.4, -0.2) is 19.1 Å². The van der Waals surface area contributed by atoms with Gasteiger partial charge in [0.25, 0.3) is 0 Å². The van der Waals surface area contributed by atoms with Crippen molar-refractivity contribution >= 4 is 33.6 Å². The van der Waals surface area contributed by atoms with Crippen LogP contribution in [0.25, 0.3) is 0 Å². The van der Waals surface area contributed by atoms with Gasteiger partial charge in [0.15, 0.2) is 11.5 Å². The molecule has 2 aromatic rings. The van der Waals surface area contributed by atoms with Crippen LogP contribution in [0.2, 0.25) is 5.02 Å². The third kappa shape index (κ3) is 3.56. The molecule has 0 fully saturated rings. The van der Waals surface area contributed by atoms with Crippen LogP contribution in [0.4, 0.5) is 10.7 Å². The fourth-order valence-corrected chi connectivity index (χ4v) is 2.71. The quantitative estimate of drug-likeness (QED) is 0.642. The van der Waals surface area contributed by atoms with Gasteiger partial charge in [0.05, 0.1) is 29.9 Å². The van der Waals surface area contributed by atoms with Gasteiger partial charge >= 0.3 is 5.00 Å². The number of benzene rings is 1. The van der Waals surface area contributed by atoms with E-state index in [2.05, 4.69) is 5.32 Å². The highest BCUT2D eigenvalue weighted by Crippen LogP contribution is 2.36. The number of ether oxygens (including phenoxy) is 2. The minimum Gasteiger partial charge on any atom is -0.493 e. The van der Waals surface area contributed by atoms with E-state index in [4.69, 9.17) is 21.1 Å². The number of nitro groups is 1. The van der Waals surface area contributed by atoms with Crippen LogP contribution in [0.15, 0.2) is 24.3 Å². The molecular formula is C13H13ClN2O4S. The maximum absolute atomic E-state index is 10.6. The fourth-order valence-electron chi connectivity index (χ4n) is 1.73. The molecule has 0 bridgehead atoms. The highest BCUT2D eigenvalue weighted by atomic mass is 35.5. The number of rotatable bonds is 6. The van der Waals surface area contributed by atoms with Gasteiger partial charge in [-0.05, 0) is 6.07 Å². The molecule has 1 aromatic heterocycles. The molecule has 112 valence electrons. The third-order valence-corrected chi connectivity index (χ3v) is 4.10. The fraction of sp³-hybridized carbons (Fsp3) is 0.231. The lowest BCUT2D eigenvalue weighted by atomic mass is 10.2. The third-order valence-electron chi connectivity index (χ3n) is 2.75. The number of anilines is 1. The Morgan fingerprint density at radius 3 is 2.52 bits per heavy atom. The summed E-state index contributed by atoms with van der Waals surface area (Å²) in [6, 6.07) is 6.57. The van der Waals surface area contributed by atoms with E-state index in [0.29, 0.717) is 28.8 Å². The molecule has 0 aliphatic rings. The highest BCUT2D eigenvalue weighted by molar-refractivity contribution is 7.15. The summed E-state index contributed by atoms with van der Waals surface area (Å²) in [6.45, 7) is 0.438. The standard InChI is InChI=1S/C13H13ClN2O4S/c1-19-11-5-9(14)10(6-12(11)20-2)15-7-8-3-4-13(21-8)16(17)18/h3-6,15H,7H2,1-2H3. The van der Waals surface area contributed by atoms with E-state index in [-0.39, 0.29) is 5.00 Å². The second kappa shape index (κ2) is 6.64. The zero-order valence-corrected chi connectivity index (χ0v) is 13.0. The zero-order valence-electron chi connectivity index (χ0n) is 11.4. The first kappa shape index (κ1) is 15.4. The topological polar surface area (TPSA) is 73.6 Å². The van der Waals surface area contributed by atoms with Gasteiger partial charge in [0.1, 0.15) is 0 Å². The summed E-state index contributed by atoms with van der Waals surface area (Å²) in [6.07, 6.45) is 0. The van der Waals surface area contributed by atoms with Crippen LogP contribution >= 0.6 is 22.9 Å². The molecule has 0 aliphatic carbocycles. The molecule has 0 unspecified atom stereocenters. The van der Waals surface area contributed by atoms with Crippen LogP contribution in [0.5, 0.6) is 11.5 Å². The predicted molar refractivity (Wildman–Crippen MR) is 82.9 cm³/mol. The van der Waals surface area contributed by atoms with Crippen LogP contribution in [0, 0.1) is 10.1 Å². The van der Waals surface area contributed by atoms with Gasteiger partial charge < -0.3 is 14.8 Å². The van der Waals surface area contributed by atoms with E-state index >= 15 is 0 Å². The lowest BCUT2D eigenvalue weighted by Crippen LogP contribution is -1.99. The first-order chi connectivity index (χ1) is 10.0. The molecule has 0 spiro atoms. The maximum atomic E-state index is 10.6. The van der Waals surface area contributed by atoms with Gasteiger partial charge in [0, 0.05) is 29.6 Å². The summed E-state index contributed by atoms with van der Waals surface area (Å²) < 4.78 is 10.4. The van der Waals surface area contributed by atoms with Crippen molar-refractivity contribution in [2.75, 3.05) is 19.5 Å². The molecule has 0 amide bonds. The van der Waals surface area contributed by atoms with E-state index in [0.717, 1.165) is 16.2 Å². The van der Waals surface area contributed by atoms with Gasteiger partial charge in [-0.15, -0.1) is 0 Å². The molecule has 0 saturated heterocycles. The summed E-state index contributed by atoms with van der Waals surface area (Å²) in [5.41, 5.74) is 0.672. The van der Waals surface area contributed by atoms with Crippen molar-refractivity contribution in [1.82, 2.24) is 0 Å². The SMILES string of the molecule is COc1cc(Cl)c(NCc2ccc([N+](=O)[O-])s2)cc1OC. The van der Waals surface area contributed by atoms with Crippen molar-refractivity contribution in [3.05, 3.63) is 44.3 Å². The monoisotopic (exact) mass is 328 g/mol. The lowest BCUT2D eigenvalue weighted by Gasteiger charge is -2.12. The highest BCUT2D eigenvalue weighted by Gasteiger charge is 2.12.